The number of thiol groups is 1. The Morgan fingerprint density at radius 2 is 0.800 bits per heavy atom. The van der Waals surface area contributed by atoms with Crippen molar-refractivity contribution in [2.75, 3.05) is 0 Å². The number of benzene rings is 3. The van der Waals surface area contributed by atoms with Crippen molar-refractivity contribution in [3.05, 3.63) is 77.8 Å². The van der Waals surface area contributed by atoms with E-state index in [1.165, 1.54) is 22.3 Å². The van der Waals surface area contributed by atoms with Gasteiger partial charge >= 0.3 is 0 Å². The van der Waals surface area contributed by atoms with Crippen LogP contribution in [0.1, 0.15) is 0 Å². The van der Waals surface area contributed by atoms with Crippen molar-refractivity contribution < 1.29 is 0 Å². The fraction of sp³-hybridized carbons (Fsp3) is 0. The van der Waals surface area contributed by atoms with Crippen LogP contribution < -0.4 is 0 Å². The Morgan fingerprint density at radius 1 is 0.500 bits per heavy atom. The highest BCUT2D eigenvalue weighted by Crippen LogP contribution is 2.26. The minimum atomic E-state index is 0.761. The van der Waals surface area contributed by atoms with Gasteiger partial charge in [-0.05, 0) is 46.5 Å². The lowest BCUT2D eigenvalue weighted by molar-refractivity contribution is 1.47. The molecule has 3 aromatic rings. The van der Waals surface area contributed by atoms with E-state index < -0.39 is 0 Å². The quantitative estimate of drug-likeness (QED) is 0.554. The average Bonchev–Trinajstić information content (AvgIpc) is 2.49. The molecule has 0 saturated heterocycles. The number of hydrogen-bond acceptors (Lipinski definition) is 1. The smallest absolute Gasteiger partial charge is 0.0406 e. The SMILES string of the molecule is Sc1ccc(-c2ccc(-c3ccc(Cl)cc3)cc2)cc1. The predicted molar refractivity (Wildman–Crippen MR) is 89.6 cm³/mol. The van der Waals surface area contributed by atoms with Crippen LogP contribution in [0.15, 0.2) is 77.7 Å². The first-order chi connectivity index (χ1) is 9.72. The molecular formula is C18H13ClS. The largest absolute Gasteiger partial charge is 0.143 e. The van der Waals surface area contributed by atoms with Crippen LogP contribution in [-0.4, -0.2) is 0 Å². The van der Waals surface area contributed by atoms with Crippen LogP contribution in [0.5, 0.6) is 0 Å². The molecule has 0 saturated carbocycles. The second-order valence-corrected chi connectivity index (χ2v) is 5.58. The first kappa shape index (κ1) is 13.3. The molecule has 0 amide bonds. The molecule has 0 bridgehead atoms. The monoisotopic (exact) mass is 296 g/mol. The fourth-order valence-corrected chi connectivity index (χ4v) is 2.43. The van der Waals surface area contributed by atoms with E-state index in [2.05, 4.69) is 49.0 Å². The molecule has 0 radical (unpaired) electrons. The molecule has 98 valence electrons. The topological polar surface area (TPSA) is 0 Å². The fourth-order valence-electron chi connectivity index (χ4n) is 2.15. The summed E-state index contributed by atoms with van der Waals surface area (Å²) < 4.78 is 0. The van der Waals surface area contributed by atoms with E-state index >= 15 is 0 Å². The molecule has 0 atom stereocenters. The van der Waals surface area contributed by atoms with Gasteiger partial charge in [-0.2, -0.15) is 0 Å². The van der Waals surface area contributed by atoms with E-state index in [0.29, 0.717) is 0 Å². The van der Waals surface area contributed by atoms with Crippen LogP contribution in [0.3, 0.4) is 0 Å². The van der Waals surface area contributed by atoms with Gasteiger partial charge in [0.05, 0.1) is 0 Å². The van der Waals surface area contributed by atoms with E-state index in [-0.39, 0.29) is 0 Å². The van der Waals surface area contributed by atoms with Crippen LogP contribution in [0.2, 0.25) is 5.02 Å². The first-order valence-electron chi connectivity index (χ1n) is 6.38. The summed E-state index contributed by atoms with van der Waals surface area (Å²) in [6, 6.07) is 24.6. The van der Waals surface area contributed by atoms with Crippen molar-refractivity contribution >= 4 is 24.2 Å². The van der Waals surface area contributed by atoms with Crippen LogP contribution in [0.4, 0.5) is 0 Å². The third-order valence-electron chi connectivity index (χ3n) is 3.26. The molecule has 0 fully saturated rings. The lowest BCUT2D eigenvalue weighted by atomic mass is 10.0. The van der Waals surface area contributed by atoms with Gasteiger partial charge in [-0.1, -0.05) is 60.1 Å². The van der Waals surface area contributed by atoms with Crippen LogP contribution >= 0.6 is 24.2 Å². The highest BCUT2D eigenvalue weighted by atomic mass is 35.5. The molecule has 0 aliphatic carbocycles. The van der Waals surface area contributed by atoms with E-state index in [0.717, 1.165) is 9.92 Å². The molecule has 0 N–H and O–H groups in total. The molecule has 0 unspecified atom stereocenters. The summed E-state index contributed by atoms with van der Waals surface area (Å²) in [7, 11) is 0. The predicted octanol–water partition coefficient (Wildman–Crippen LogP) is 5.96. The molecule has 0 heterocycles. The summed E-state index contributed by atoms with van der Waals surface area (Å²) in [6.45, 7) is 0. The van der Waals surface area contributed by atoms with E-state index in [1.54, 1.807) is 0 Å². The molecular weight excluding hydrogens is 284 g/mol. The molecule has 3 rings (SSSR count). The summed E-state index contributed by atoms with van der Waals surface area (Å²) in [5.74, 6) is 0. The van der Waals surface area contributed by atoms with Gasteiger partial charge in [0.1, 0.15) is 0 Å². The Labute approximate surface area is 129 Å². The van der Waals surface area contributed by atoms with Gasteiger partial charge in [-0.15, -0.1) is 12.6 Å². The highest BCUT2D eigenvalue weighted by Gasteiger charge is 2.00. The lowest BCUT2D eigenvalue weighted by Gasteiger charge is -2.05. The van der Waals surface area contributed by atoms with E-state index in [1.807, 2.05) is 36.4 Å². The molecule has 0 spiro atoms. The summed E-state index contributed by atoms with van der Waals surface area (Å²) in [6.07, 6.45) is 0. The molecule has 0 aliphatic heterocycles. The van der Waals surface area contributed by atoms with Crippen molar-refractivity contribution in [1.29, 1.82) is 0 Å². The zero-order valence-corrected chi connectivity index (χ0v) is 12.4. The van der Waals surface area contributed by atoms with Crippen molar-refractivity contribution in [2.45, 2.75) is 4.90 Å². The highest BCUT2D eigenvalue weighted by molar-refractivity contribution is 7.80. The summed E-state index contributed by atoms with van der Waals surface area (Å²) in [5.41, 5.74) is 4.77. The minimum Gasteiger partial charge on any atom is -0.143 e. The summed E-state index contributed by atoms with van der Waals surface area (Å²) in [4.78, 5) is 0.978. The average molecular weight is 297 g/mol. The maximum absolute atomic E-state index is 5.91. The molecule has 0 nitrogen and oxygen atoms in total. The normalized spacial score (nSPS) is 10.5. The zero-order chi connectivity index (χ0) is 13.9. The van der Waals surface area contributed by atoms with Gasteiger partial charge in [-0.3, -0.25) is 0 Å². The van der Waals surface area contributed by atoms with Crippen molar-refractivity contribution in [3.8, 4) is 22.3 Å². The maximum atomic E-state index is 5.91. The third kappa shape index (κ3) is 2.90. The van der Waals surface area contributed by atoms with Crippen molar-refractivity contribution in [2.24, 2.45) is 0 Å². The summed E-state index contributed by atoms with van der Waals surface area (Å²) >= 11 is 10.2. The van der Waals surface area contributed by atoms with E-state index in [9.17, 15) is 0 Å². The van der Waals surface area contributed by atoms with Gasteiger partial charge in [0, 0.05) is 9.92 Å². The molecule has 0 aromatic heterocycles. The third-order valence-corrected chi connectivity index (χ3v) is 3.81. The van der Waals surface area contributed by atoms with Crippen LogP contribution in [0, 0.1) is 0 Å². The number of hydrogen-bond donors (Lipinski definition) is 1. The minimum absolute atomic E-state index is 0.761. The Bertz CT molecular complexity index is 633. The standard InChI is InChI=1S/C18H13ClS/c19-17-9-5-15(6-10-17)13-1-3-14(4-2-13)16-7-11-18(20)12-8-16/h1-12,20H. The van der Waals surface area contributed by atoms with E-state index in [4.69, 9.17) is 11.6 Å². The lowest BCUT2D eigenvalue weighted by Crippen LogP contribution is -1.80. The van der Waals surface area contributed by atoms with Gasteiger partial charge in [0.15, 0.2) is 0 Å². The maximum Gasteiger partial charge on any atom is 0.0406 e. The second kappa shape index (κ2) is 5.74. The summed E-state index contributed by atoms with van der Waals surface area (Å²) in [5, 5.41) is 0.761. The second-order valence-electron chi connectivity index (χ2n) is 4.63. The Morgan fingerprint density at radius 3 is 1.20 bits per heavy atom. The number of rotatable bonds is 2. The molecule has 3 aromatic carbocycles. The van der Waals surface area contributed by atoms with Gasteiger partial charge in [-0.25, -0.2) is 0 Å². The molecule has 20 heavy (non-hydrogen) atoms. The van der Waals surface area contributed by atoms with Gasteiger partial charge in [0.25, 0.3) is 0 Å². The Hall–Kier alpha value is -1.70. The van der Waals surface area contributed by atoms with Crippen LogP contribution in [0.25, 0.3) is 22.3 Å². The Kier molecular flexibility index (Phi) is 3.81. The number of halogens is 1. The van der Waals surface area contributed by atoms with Crippen molar-refractivity contribution in [1.82, 2.24) is 0 Å². The van der Waals surface area contributed by atoms with Crippen LogP contribution in [-0.2, 0) is 0 Å². The van der Waals surface area contributed by atoms with Gasteiger partial charge in [0.2, 0.25) is 0 Å². The van der Waals surface area contributed by atoms with Gasteiger partial charge < -0.3 is 0 Å². The molecule has 0 aliphatic rings. The molecule has 2 heteroatoms. The van der Waals surface area contributed by atoms with Crippen molar-refractivity contribution in [3.63, 3.8) is 0 Å². The Balaban J connectivity index is 1.91. The zero-order valence-electron chi connectivity index (χ0n) is 10.8. The first-order valence-corrected chi connectivity index (χ1v) is 7.20.